The summed E-state index contributed by atoms with van der Waals surface area (Å²) in [5.74, 6) is -0.103. The van der Waals surface area contributed by atoms with Crippen molar-refractivity contribution >= 4 is 53.2 Å². The Bertz CT molecular complexity index is 619. The molecule has 0 bridgehead atoms. The highest BCUT2D eigenvalue weighted by atomic mass is 79.9. The van der Waals surface area contributed by atoms with Gasteiger partial charge < -0.3 is 5.32 Å². The second kappa shape index (κ2) is 7.11. The molecule has 1 amide bonds. The minimum Gasteiger partial charge on any atom is -0.352 e. The Hall–Kier alpha value is -0.300. The lowest BCUT2D eigenvalue weighted by Gasteiger charge is -2.12. The number of nitrogens with one attached hydrogen (secondary N) is 1. The topological polar surface area (TPSA) is 63.2 Å². The molecular weight excluding hydrogens is 389 g/mol. The second-order valence-corrected chi connectivity index (χ2v) is 8.22. The van der Waals surface area contributed by atoms with Gasteiger partial charge in [0.05, 0.1) is 15.5 Å². The van der Waals surface area contributed by atoms with Crippen molar-refractivity contribution in [1.29, 1.82) is 0 Å². The van der Waals surface area contributed by atoms with Crippen LogP contribution >= 0.6 is 38.2 Å². The number of carbonyl (C=O) groups is 1. The normalized spacial score (nSPS) is 13.1. The molecule has 112 valence electrons. The molecule has 8 heteroatoms. The molecule has 4 nitrogen and oxygen atoms in total. The van der Waals surface area contributed by atoms with E-state index < -0.39 is 15.0 Å². The van der Waals surface area contributed by atoms with E-state index in [1.807, 2.05) is 13.8 Å². The van der Waals surface area contributed by atoms with E-state index in [1.165, 1.54) is 12.1 Å². The zero-order chi connectivity index (χ0) is 15.5. The lowest BCUT2D eigenvalue weighted by atomic mass is 10.1. The van der Waals surface area contributed by atoms with E-state index in [0.29, 0.717) is 12.5 Å². The fourth-order valence-electron chi connectivity index (χ4n) is 1.40. The Kier molecular flexibility index (Phi) is 6.31. The Morgan fingerprint density at radius 1 is 1.45 bits per heavy atom. The quantitative estimate of drug-likeness (QED) is 0.761. The zero-order valence-corrected chi connectivity index (χ0v) is 14.8. The molecule has 0 aromatic heterocycles. The first kappa shape index (κ1) is 17.8. The molecule has 0 spiro atoms. The highest BCUT2D eigenvalue weighted by molar-refractivity contribution is 9.10. The average molecular weight is 403 g/mol. The van der Waals surface area contributed by atoms with Crippen LogP contribution in [-0.2, 0) is 9.05 Å². The maximum Gasteiger partial charge on any atom is 0.262 e. The average Bonchev–Trinajstić information content (AvgIpc) is 2.33. The summed E-state index contributed by atoms with van der Waals surface area (Å²) in [7, 11) is 1.35. The number of hydrogen-bond acceptors (Lipinski definition) is 3. The first-order chi connectivity index (χ1) is 9.16. The van der Waals surface area contributed by atoms with Gasteiger partial charge in [-0.15, -0.1) is 0 Å². The molecular formula is C12H14BrCl2NO3S. The third kappa shape index (κ3) is 4.62. The van der Waals surface area contributed by atoms with Gasteiger partial charge in [0.15, 0.2) is 0 Å². The summed E-state index contributed by atoms with van der Waals surface area (Å²) in [6.07, 6.45) is 0.926. The molecule has 0 aliphatic heterocycles. The zero-order valence-electron chi connectivity index (χ0n) is 10.9. The molecule has 0 radical (unpaired) electrons. The fourth-order valence-corrected chi connectivity index (χ4v) is 3.97. The molecule has 1 rings (SSSR count). The van der Waals surface area contributed by atoms with Gasteiger partial charge in [0.1, 0.15) is 0 Å². The number of hydrogen-bond donors (Lipinski definition) is 1. The third-order valence-electron chi connectivity index (χ3n) is 2.84. The SMILES string of the molecule is CCC(C)CNC(=O)c1cc(S(=O)(=O)Cl)c(Br)cc1Cl. The Morgan fingerprint density at radius 3 is 2.55 bits per heavy atom. The van der Waals surface area contributed by atoms with Crippen LogP contribution in [-0.4, -0.2) is 20.9 Å². The molecule has 0 aliphatic rings. The number of rotatable bonds is 5. The lowest BCUT2D eigenvalue weighted by Crippen LogP contribution is -2.28. The second-order valence-electron chi connectivity index (χ2n) is 4.42. The van der Waals surface area contributed by atoms with Crippen LogP contribution in [0.1, 0.15) is 30.6 Å². The van der Waals surface area contributed by atoms with Crippen LogP contribution in [0.4, 0.5) is 0 Å². The standard InChI is InChI=1S/C12H14BrCl2NO3S/c1-3-7(2)6-16-12(17)8-4-11(20(15,18)19)9(13)5-10(8)14/h4-5,7H,3,6H2,1-2H3,(H,16,17). The molecule has 1 aromatic rings. The van der Waals surface area contributed by atoms with E-state index in [2.05, 4.69) is 21.2 Å². The van der Waals surface area contributed by atoms with Gasteiger partial charge in [-0.2, -0.15) is 0 Å². The van der Waals surface area contributed by atoms with Gasteiger partial charge >= 0.3 is 0 Å². The summed E-state index contributed by atoms with van der Waals surface area (Å²) >= 11 is 9.03. The van der Waals surface area contributed by atoms with E-state index in [4.69, 9.17) is 22.3 Å². The van der Waals surface area contributed by atoms with Gasteiger partial charge in [-0.3, -0.25) is 4.79 Å². The number of halogens is 3. The summed E-state index contributed by atoms with van der Waals surface area (Å²) in [6, 6.07) is 2.51. The summed E-state index contributed by atoms with van der Waals surface area (Å²) in [5, 5.41) is 2.87. The summed E-state index contributed by atoms with van der Waals surface area (Å²) in [4.78, 5) is 11.8. The summed E-state index contributed by atoms with van der Waals surface area (Å²) in [6.45, 7) is 4.50. The van der Waals surface area contributed by atoms with Crippen molar-refractivity contribution in [3.05, 3.63) is 27.2 Å². The molecule has 1 unspecified atom stereocenters. The minimum absolute atomic E-state index is 0.0809. The van der Waals surface area contributed by atoms with E-state index in [-0.39, 0.29) is 20.0 Å². The van der Waals surface area contributed by atoms with E-state index in [0.717, 1.165) is 6.42 Å². The van der Waals surface area contributed by atoms with Crippen LogP contribution in [0.5, 0.6) is 0 Å². The van der Waals surface area contributed by atoms with Crippen molar-refractivity contribution < 1.29 is 13.2 Å². The van der Waals surface area contributed by atoms with Crippen LogP contribution in [0.25, 0.3) is 0 Å². The molecule has 1 N–H and O–H groups in total. The van der Waals surface area contributed by atoms with Gasteiger partial charge in [-0.1, -0.05) is 31.9 Å². The van der Waals surface area contributed by atoms with Crippen LogP contribution in [0.2, 0.25) is 5.02 Å². The molecule has 0 fully saturated rings. The van der Waals surface area contributed by atoms with Crippen LogP contribution < -0.4 is 5.32 Å². The Morgan fingerprint density at radius 2 is 2.05 bits per heavy atom. The van der Waals surface area contributed by atoms with Gasteiger partial charge in [0, 0.05) is 21.7 Å². The maximum atomic E-state index is 12.0. The Labute approximate surface area is 136 Å². The predicted octanol–water partition coefficient (Wildman–Crippen LogP) is 3.81. The highest BCUT2D eigenvalue weighted by Gasteiger charge is 2.20. The van der Waals surface area contributed by atoms with E-state index in [1.54, 1.807) is 0 Å². The molecule has 1 atom stereocenters. The maximum absolute atomic E-state index is 12.0. The molecule has 1 aromatic carbocycles. The van der Waals surface area contributed by atoms with Crippen molar-refractivity contribution in [2.24, 2.45) is 5.92 Å². The fraction of sp³-hybridized carbons (Fsp3) is 0.417. The summed E-state index contributed by atoms with van der Waals surface area (Å²) in [5.41, 5.74) is 0.0809. The smallest absolute Gasteiger partial charge is 0.262 e. The van der Waals surface area contributed by atoms with E-state index >= 15 is 0 Å². The molecule has 0 saturated carbocycles. The van der Waals surface area contributed by atoms with Crippen molar-refractivity contribution in [1.82, 2.24) is 5.32 Å². The van der Waals surface area contributed by atoms with Crippen molar-refractivity contribution in [3.63, 3.8) is 0 Å². The molecule has 0 aliphatic carbocycles. The van der Waals surface area contributed by atoms with Crippen LogP contribution in [0.15, 0.2) is 21.5 Å². The van der Waals surface area contributed by atoms with Crippen molar-refractivity contribution in [2.45, 2.75) is 25.2 Å². The third-order valence-corrected chi connectivity index (χ3v) is 5.43. The summed E-state index contributed by atoms with van der Waals surface area (Å²) < 4.78 is 23.0. The minimum atomic E-state index is -3.96. The molecule has 0 saturated heterocycles. The van der Waals surface area contributed by atoms with Crippen molar-refractivity contribution in [3.8, 4) is 0 Å². The lowest BCUT2D eigenvalue weighted by molar-refractivity contribution is 0.0947. The van der Waals surface area contributed by atoms with Gasteiger partial charge in [0.25, 0.3) is 15.0 Å². The number of carbonyl (C=O) groups excluding carboxylic acids is 1. The number of benzene rings is 1. The molecule has 0 heterocycles. The van der Waals surface area contributed by atoms with Gasteiger partial charge in [-0.25, -0.2) is 8.42 Å². The van der Waals surface area contributed by atoms with Gasteiger partial charge in [-0.05, 0) is 34.0 Å². The van der Waals surface area contributed by atoms with Crippen LogP contribution in [0.3, 0.4) is 0 Å². The largest absolute Gasteiger partial charge is 0.352 e. The Balaban J connectivity index is 3.10. The molecule has 20 heavy (non-hydrogen) atoms. The van der Waals surface area contributed by atoms with Crippen LogP contribution in [0, 0.1) is 5.92 Å². The van der Waals surface area contributed by atoms with E-state index in [9.17, 15) is 13.2 Å². The first-order valence-electron chi connectivity index (χ1n) is 5.88. The predicted molar refractivity (Wildman–Crippen MR) is 84.0 cm³/mol. The monoisotopic (exact) mass is 401 g/mol. The van der Waals surface area contributed by atoms with Gasteiger partial charge in [0.2, 0.25) is 0 Å². The number of amides is 1. The highest BCUT2D eigenvalue weighted by Crippen LogP contribution is 2.31. The van der Waals surface area contributed by atoms with Crippen molar-refractivity contribution in [2.75, 3.05) is 6.54 Å². The first-order valence-corrected chi connectivity index (χ1v) is 9.36.